The number of likely N-dealkylation sites (N-methyl/N-ethyl adjacent to an activating group) is 1. The van der Waals surface area contributed by atoms with E-state index in [-0.39, 0.29) is 12.2 Å². The van der Waals surface area contributed by atoms with Crippen LogP contribution in [-0.2, 0) is 13.1 Å². The van der Waals surface area contributed by atoms with Crippen LogP contribution >= 0.6 is 11.6 Å². The Hall–Kier alpha value is -2.03. The van der Waals surface area contributed by atoms with E-state index >= 15 is 0 Å². The van der Waals surface area contributed by atoms with E-state index in [1.165, 1.54) is 23.0 Å². The molecule has 0 saturated heterocycles. The number of hydrogen-bond acceptors (Lipinski definition) is 5. The molecule has 1 atom stereocenters. The number of aliphatic hydroxyl groups is 1. The summed E-state index contributed by atoms with van der Waals surface area (Å²) in [7, 11) is 1.79. The zero-order valence-corrected chi connectivity index (χ0v) is 13.1. The monoisotopic (exact) mass is 342 g/mol. The van der Waals surface area contributed by atoms with Gasteiger partial charge >= 0.3 is 5.69 Å². The minimum absolute atomic E-state index is 0.122. The van der Waals surface area contributed by atoms with E-state index in [4.69, 9.17) is 11.6 Å². The second kappa shape index (κ2) is 7.49. The first kappa shape index (κ1) is 17.3. The molecule has 0 amide bonds. The average molecular weight is 343 g/mol. The minimum Gasteiger partial charge on any atom is -0.390 e. The van der Waals surface area contributed by atoms with E-state index in [1.54, 1.807) is 13.1 Å². The van der Waals surface area contributed by atoms with Crippen LogP contribution in [0.5, 0.6) is 0 Å². The maximum absolute atomic E-state index is 13.0. The van der Waals surface area contributed by atoms with E-state index in [0.29, 0.717) is 18.1 Å². The fraction of sp³-hybridized carbons (Fsp3) is 0.357. The molecule has 9 heteroatoms. The molecule has 0 aliphatic heterocycles. The van der Waals surface area contributed by atoms with E-state index in [2.05, 4.69) is 5.10 Å². The van der Waals surface area contributed by atoms with Gasteiger partial charge in [-0.15, -0.1) is 0 Å². The van der Waals surface area contributed by atoms with Crippen LogP contribution in [0.1, 0.15) is 5.56 Å². The number of halogens is 2. The second-order valence-corrected chi connectivity index (χ2v) is 5.67. The van der Waals surface area contributed by atoms with E-state index in [1.807, 2.05) is 4.90 Å². The summed E-state index contributed by atoms with van der Waals surface area (Å²) in [5, 5.41) is 24.8. The predicted molar refractivity (Wildman–Crippen MR) is 82.6 cm³/mol. The number of nitrogens with zero attached hydrogens (tertiary/aromatic N) is 4. The Balaban J connectivity index is 1.88. The molecule has 1 heterocycles. The zero-order chi connectivity index (χ0) is 17.0. The van der Waals surface area contributed by atoms with Crippen LogP contribution in [0.3, 0.4) is 0 Å². The topological polar surface area (TPSA) is 84.4 Å². The van der Waals surface area contributed by atoms with Gasteiger partial charge in [-0.3, -0.25) is 19.7 Å². The Labute approximate surface area is 137 Å². The molecule has 7 nitrogen and oxygen atoms in total. The summed E-state index contributed by atoms with van der Waals surface area (Å²) in [6.45, 7) is 0.881. The van der Waals surface area contributed by atoms with Crippen LogP contribution in [0, 0.1) is 15.9 Å². The average Bonchev–Trinajstić information content (AvgIpc) is 2.90. The number of hydrogen-bond donors (Lipinski definition) is 1. The molecule has 0 bridgehead atoms. The van der Waals surface area contributed by atoms with Crippen LogP contribution in [-0.4, -0.2) is 44.4 Å². The lowest BCUT2D eigenvalue weighted by Crippen LogP contribution is -2.32. The van der Waals surface area contributed by atoms with Gasteiger partial charge in [-0.1, -0.05) is 17.7 Å². The number of rotatable bonds is 7. The second-order valence-electron chi connectivity index (χ2n) is 5.26. The largest absolute Gasteiger partial charge is 0.390 e. The molecular formula is C14H16ClFN4O3. The number of aliphatic hydroxyl groups excluding tert-OH is 1. The molecule has 1 aromatic carbocycles. The van der Waals surface area contributed by atoms with Gasteiger partial charge in [-0.25, -0.2) is 4.39 Å². The van der Waals surface area contributed by atoms with Gasteiger partial charge < -0.3 is 5.11 Å². The summed E-state index contributed by atoms with van der Waals surface area (Å²) in [6, 6.07) is 4.16. The van der Waals surface area contributed by atoms with Gasteiger partial charge in [0.15, 0.2) is 0 Å². The third-order valence-electron chi connectivity index (χ3n) is 3.21. The molecule has 2 aromatic rings. The number of benzene rings is 1. The van der Waals surface area contributed by atoms with Gasteiger partial charge in [0.2, 0.25) is 0 Å². The zero-order valence-electron chi connectivity index (χ0n) is 12.4. The Bertz CT molecular complexity index is 694. The highest BCUT2D eigenvalue weighted by molar-refractivity contribution is 6.31. The predicted octanol–water partition coefficient (Wildman–Crippen LogP) is 2.08. The van der Waals surface area contributed by atoms with Gasteiger partial charge in [-0.2, -0.15) is 5.10 Å². The molecule has 0 aliphatic rings. The maximum atomic E-state index is 13.0. The molecule has 0 aliphatic carbocycles. The molecule has 0 saturated carbocycles. The lowest BCUT2D eigenvalue weighted by atomic mass is 10.2. The lowest BCUT2D eigenvalue weighted by Gasteiger charge is -2.21. The molecule has 0 fully saturated rings. The summed E-state index contributed by atoms with van der Waals surface area (Å²) in [6.07, 6.45) is 1.63. The Morgan fingerprint density at radius 2 is 2.30 bits per heavy atom. The van der Waals surface area contributed by atoms with Crippen LogP contribution in [0.4, 0.5) is 10.1 Å². The Morgan fingerprint density at radius 1 is 1.57 bits per heavy atom. The van der Waals surface area contributed by atoms with Crippen molar-refractivity contribution in [2.45, 2.75) is 19.2 Å². The summed E-state index contributed by atoms with van der Waals surface area (Å²) >= 11 is 5.97. The first-order valence-corrected chi connectivity index (χ1v) is 7.20. The van der Waals surface area contributed by atoms with Crippen LogP contribution < -0.4 is 0 Å². The highest BCUT2D eigenvalue weighted by Gasteiger charge is 2.14. The molecule has 23 heavy (non-hydrogen) atoms. The first-order valence-electron chi connectivity index (χ1n) is 6.82. The standard InChI is InChI=1S/C14H16ClFN4O3/c1-18(6-10-2-3-11(16)4-14(10)15)8-13(21)9-19-7-12(5-17-19)20(22)23/h2-5,7,13,21H,6,8-9H2,1H3. The lowest BCUT2D eigenvalue weighted by molar-refractivity contribution is -0.385. The molecule has 1 N–H and O–H groups in total. The van der Waals surface area contributed by atoms with Crippen molar-refractivity contribution in [3.05, 3.63) is 57.1 Å². The van der Waals surface area contributed by atoms with Crippen LogP contribution in [0.25, 0.3) is 0 Å². The maximum Gasteiger partial charge on any atom is 0.306 e. The van der Waals surface area contributed by atoms with E-state index in [9.17, 15) is 19.6 Å². The first-order chi connectivity index (χ1) is 10.8. The Kier molecular flexibility index (Phi) is 5.64. The van der Waals surface area contributed by atoms with Crippen LogP contribution in [0.2, 0.25) is 5.02 Å². The van der Waals surface area contributed by atoms with Crippen molar-refractivity contribution < 1.29 is 14.4 Å². The van der Waals surface area contributed by atoms with Crippen molar-refractivity contribution in [3.8, 4) is 0 Å². The van der Waals surface area contributed by atoms with Crippen LogP contribution in [0.15, 0.2) is 30.6 Å². The summed E-state index contributed by atoms with van der Waals surface area (Å²) in [5.74, 6) is -0.401. The van der Waals surface area contributed by atoms with Gasteiger partial charge in [0, 0.05) is 18.1 Å². The normalized spacial score (nSPS) is 12.6. The minimum atomic E-state index is -0.765. The van der Waals surface area contributed by atoms with Gasteiger partial charge in [0.25, 0.3) is 0 Å². The molecule has 1 unspecified atom stereocenters. The molecule has 2 rings (SSSR count). The number of nitro groups is 1. The summed E-state index contributed by atoms with van der Waals surface area (Å²) < 4.78 is 14.3. The van der Waals surface area contributed by atoms with Crippen molar-refractivity contribution in [2.75, 3.05) is 13.6 Å². The van der Waals surface area contributed by atoms with Gasteiger partial charge in [-0.05, 0) is 24.7 Å². The van der Waals surface area contributed by atoms with Crippen molar-refractivity contribution in [3.63, 3.8) is 0 Å². The summed E-state index contributed by atoms with van der Waals surface area (Å²) in [4.78, 5) is 11.9. The van der Waals surface area contributed by atoms with Crippen molar-refractivity contribution in [1.82, 2.24) is 14.7 Å². The quantitative estimate of drug-likeness (QED) is 0.615. The van der Waals surface area contributed by atoms with Crippen molar-refractivity contribution in [2.24, 2.45) is 0 Å². The van der Waals surface area contributed by atoms with Gasteiger partial charge in [0.1, 0.15) is 18.2 Å². The molecular weight excluding hydrogens is 327 g/mol. The number of aromatic nitrogens is 2. The highest BCUT2D eigenvalue weighted by atomic mass is 35.5. The van der Waals surface area contributed by atoms with Crippen molar-refractivity contribution >= 4 is 17.3 Å². The van der Waals surface area contributed by atoms with Gasteiger partial charge in [0.05, 0.1) is 17.6 Å². The van der Waals surface area contributed by atoms with E-state index in [0.717, 1.165) is 11.8 Å². The van der Waals surface area contributed by atoms with Crippen molar-refractivity contribution in [1.29, 1.82) is 0 Å². The fourth-order valence-corrected chi connectivity index (χ4v) is 2.41. The van der Waals surface area contributed by atoms with E-state index < -0.39 is 16.8 Å². The third-order valence-corrected chi connectivity index (χ3v) is 3.56. The molecule has 0 radical (unpaired) electrons. The fourth-order valence-electron chi connectivity index (χ4n) is 2.19. The smallest absolute Gasteiger partial charge is 0.306 e. The molecule has 1 aromatic heterocycles. The third kappa shape index (κ3) is 4.98. The summed E-state index contributed by atoms with van der Waals surface area (Å²) in [5.41, 5.74) is 0.626. The molecule has 124 valence electrons. The molecule has 0 spiro atoms. The Morgan fingerprint density at radius 3 is 2.91 bits per heavy atom. The highest BCUT2D eigenvalue weighted by Crippen LogP contribution is 2.18. The SMILES string of the molecule is CN(Cc1ccc(F)cc1Cl)CC(O)Cn1cc([N+](=O)[O-])cn1.